The van der Waals surface area contributed by atoms with Crippen LogP contribution in [-0.4, -0.2) is 39.2 Å². The Labute approximate surface area is 171 Å². The van der Waals surface area contributed by atoms with Gasteiger partial charge in [0.05, 0.1) is 21.3 Å². The molecule has 0 saturated carbocycles. The molecule has 5 nitrogen and oxygen atoms in total. The molecule has 0 heterocycles. The van der Waals surface area contributed by atoms with Gasteiger partial charge in [-0.15, -0.1) is 0 Å². The Morgan fingerprint density at radius 1 is 0.862 bits per heavy atom. The number of hydrogen-bond donors (Lipinski definition) is 0. The molecule has 3 aromatic rings. The smallest absolute Gasteiger partial charge is 0.246 e. The van der Waals surface area contributed by atoms with Crippen molar-refractivity contribution in [3.8, 4) is 17.2 Å². The highest BCUT2D eigenvalue weighted by molar-refractivity contribution is 5.92. The molecule has 0 atom stereocenters. The summed E-state index contributed by atoms with van der Waals surface area (Å²) in [7, 11) is 6.63. The van der Waals surface area contributed by atoms with Gasteiger partial charge in [-0.2, -0.15) is 0 Å². The number of benzene rings is 3. The van der Waals surface area contributed by atoms with E-state index in [4.69, 9.17) is 14.2 Å². The van der Waals surface area contributed by atoms with E-state index in [1.807, 2.05) is 48.5 Å². The van der Waals surface area contributed by atoms with Gasteiger partial charge in [-0.3, -0.25) is 4.79 Å². The molecule has 0 aliphatic heterocycles. The van der Waals surface area contributed by atoms with Gasteiger partial charge in [0.25, 0.3) is 0 Å². The van der Waals surface area contributed by atoms with Crippen LogP contribution in [-0.2, 0) is 11.3 Å². The summed E-state index contributed by atoms with van der Waals surface area (Å²) >= 11 is 0. The SMILES string of the molecule is COc1ccc2cc(CN(C)C(=O)/C=C/c3ccc(OC)c(OC)c3)ccc2c1. The molecule has 0 saturated heterocycles. The highest BCUT2D eigenvalue weighted by Gasteiger charge is 2.08. The van der Waals surface area contributed by atoms with E-state index in [0.717, 1.165) is 27.6 Å². The first-order chi connectivity index (χ1) is 14.0. The maximum Gasteiger partial charge on any atom is 0.246 e. The Kier molecular flexibility index (Phi) is 6.39. The number of likely N-dealkylation sites (N-methyl/N-ethyl adjacent to an activating group) is 1. The topological polar surface area (TPSA) is 48.0 Å². The van der Waals surface area contributed by atoms with Crippen LogP contribution in [0.1, 0.15) is 11.1 Å². The summed E-state index contributed by atoms with van der Waals surface area (Å²) in [5, 5.41) is 2.22. The van der Waals surface area contributed by atoms with Crippen molar-refractivity contribution >= 4 is 22.8 Å². The summed E-state index contributed by atoms with van der Waals surface area (Å²) in [4.78, 5) is 14.2. The van der Waals surface area contributed by atoms with Crippen molar-refractivity contribution in [2.45, 2.75) is 6.54 Å². The van der Waals surface area contributed by atoms with Gasteiger partial charge in [0.15, 0.2) is 11.5 Å². The lowest BCUT2D eigenvalue weighted by Crippen LogP contribution is -2.24. The molecule has 0 aromatic heterocycles. The number of hydrogen-bond acceptors (Lipinski definition) is 4. The number of fused-ring (bicyclic) bond motifs is 1. The van der Waals surface area contributed by atoms with E-state index in [1.54, 1.807) is 45.4 Å². The molecule has 0 spiro atoms. The van der Waals surface area contributed by atoms with Gasteiger partial charge < -0.3 is 19.1 Å². The van der Waals surface area contributed by atoms with E-state index < -0.39 is 0 Å². The van der Waals surface area contributed by atoms with Crippen LogP contribution in [0.2, 0.25) is 0 Å². The minimum Gasteiger partial charge on any atom is -0.497 e. The molecule has 0 fully saturated rings. The quantitative estimate of drug-likeness (QED) is 0.555. The number of ether oxygens (including phenoxy) is 3. The van der Waals surface area contributed by atoms with Crippen LogP contribution in [0.5, 0.6) is 17.2 Å². The maximum absolute atomic E-state index is 12.5. The van der Waals surface area contributed by atoms with E-state index in [-0.39, 0.29) is 5.91 Å². The summed E-state index contributed by atoms with van der Waals surface area (Å²) in [6.07, 6.45) is 3.33. The van der Waals surface area contributed by atoms with E-state index in [2.05, 4.69) is 6.07 Å². The molecule has 29 heavy (non-hydrogen) atoms. The third-order valence-corrected chi connectivity index (χ3v) is 4.73. The molecule has 3 aromatic carbocycles. The molecule has 150 valence electrons. The summed E-state index contributed by atoms with van der Waals surface area (Å²) in [6.45, 7) is 0.525. The molecule has 0 aliphatic rings. The largest absolute Gasteiger partial charge is 0.497 e. The third-order valence-electron chi connectivity index (χ3n) is 4.73. The zero-order valence-corrected chi connectivity index (χ0v) is 17.1. The number of nitrogens with zero attached hydrogens (tertiary/aromatic N) is 1. The average molecular weight is 391 g/mol. The number of carbonyl (C=O) groups is 1. The average Bonchev–Trinajstić information content (AvgIpc) is 2.76. The Balaban J connectivity index is 1.68. The van der Waals surface area contributed by atoms with Crippen molar-refractivity contribution in [2.24, 2.45) is 0 Å². The minimum absolute atomic E-state index is 0.0744. The van der Waals surface area contributed by atoms with Crippen LogP contribution in [0.25, 0.3) is 16.8 Å². The lowest BCUT2D eigenvalue weighted by molar-refractivity contribution is -0.125. The van der Waals surface area contributed by atoms with Gasteiger partial charge in [-0.1, -0.05) is 24.3 Å². The van der Waals surface area contributed by atoms with E-state index in [9.17, 15) is 4.79 Å². The molecule has 1 amide bonds. The third kappa shape index (κ3) is 4.88. The lowest BCUT2D eigenvalue weighted by atomic mass is 10.1. The first-order valence-electron chi connectivity index (χ1n) is 9.26. The van der Waals surface area contributed by atoms with Crippen molar-refractivity contribution in [3.63, 3.8) is 0 Å². The first-order valence-corrected chi connectivity index (χ1v) is 9.26. The van der Waals surface area contributed by atoms with Gasteiger partial charge in [0.2, 0.25) is 5.91 Å². The standard InChI is InChI=1S/C24H25NO4/c1-25(16-18-5-8-20-15-21(27-2)10-9-19(20)13-18)24(26)12-7-17-6-11-22(28-3)23(14-17)29-4/h5-15H,16H2,1-4H3/b12-7+. The lowest BCUT2D eigenvalue weighted by Gasteiger charge is -2.16. The monoisotopic (exact) mass is 391 g/mol. The number of amides is 1. The van der Waals surface area contributed by atoms with Gasteiger partial charge in [0, 0.05) is 19.7 Å². The van der Waals surface area contributed by atoms with Crippen molar-refractivity contribution in [1.29, 1.82) is 0 Å². The Bertz CT molecular complexity index is 1040. The first kappa shape index (κ1) is 20.3. The highest BCUT2D eigenvalue weighted by Crippen LogP contribution is 2.28. The molecule has 0 aliphatic carbocycles. The van der Waals surface area contributed by atoms with E-state index in [0.29, 0.717) is 18.0 Å². The van der Waals surface area contributed by atoms with Crippen molar-refractivity contribution in [1.82, 2.24) is 4.90 Å². The Morgan fingerprint density at radius 3 is 2.31 bits per heavy atom. The van der Waals surface area contributed by atoms with Crippen LogP contribution < -0.4 is 14.2 Å². The van der Waals surface area contributed by atoms with Crippen molar-refractivity contribution < 1.29 is 19.0 Å². The van der Waals surface area contributed by atoms with Crippen LogP contribution in [0.3, 0.4) is 0 Å². The summed E-state index contributed by atoms with van der Waals surface area (Å²) in [5.74, 6) is 2.04. The predicted molar refractivity (Wildman–Crippen MR) is 116 cm³/mol. The maximum atomic E-state index is 12.5. The molecule has 0 N–H and O–H groups in total. The van der Waals surface area contributed by atoms with Crippen molar-refractivity contribution in [2.75, 3.05) is 28.4 Å². The normalized spacial score (nSPS) is 10.9. The fourth-order valence-corrected chi connectivity index (χ4v) is 3.10. The van der Waals surface area contributed by atoms with Gasteiger partial charge >= 0.3 is 0 Å². The zero-order valence-electron chi connectivity index (χ0n) is 17.1. The van der Waals surface area contributed by atoms with Gasteiger partial charge in [0.1, 0.15) is 5.75 Å². The molecular formula is C24H25NO4. The second-order valence-corrected chi connectivity index (χ2v) is 6.69. The van der Waals surface area contributed by atoms with Crippen molar-refractivity contribution in [3.05, 3.63) is 71.8 Å². The predicted octanol–water partition coefficient (Wildman–Crippen LogP) is 4.54. The summed E-state index contributed by atoms with van der Waals surface area (Å²) < 4.78 is 15.8. The fourth-order valence-electron chi connectivity index (χ4n) is 3.10. The molecule has 0 unspecified atom stereocenters. The Hall–Kier alpha value is -3.47. The summed E-state index contributed by atoms with van der Waals surface area (Å²) in [5.41, 5.74) is 1.93. The molecule has 0 radical (unpaired) electrons. The summed E-state index contributed by atoms with van der Waals surface area (Å²) in [6, 6.07) is 17.7. The minimum atomic E-state index is -0.0744. The molecule has 3 rings (SSSR count). The van der Waals surface area contributed by atoms with Crippen LogP contribution in [0.15, 0.2) is 60.7 Å². The number of methoxy groups -OCH3 is 3. The second kappa shape index (κ2) is 9.15. The number of rotatable bonds is 7. The van der Waals surface area contributed by atoms with Crippen LogP contribution in [0, 0.1) is 0 Å². The van der Waals surface area contributed by atoms with E-state index >= 15 is 0 Å². The van der Waals surface area contributed by atoms with Crippen LogP contribution >= 0.6 is 0 Å². The molecule has 0 bridgehead atoms. The second-order valence-electron chi connectivity index (χ2n) is 6.69. The zero-order chi connectivity index (χ0) is 20.8. The highest BCUT2D eigenvalue weighted by atomic mass is 16.5. The van der Waals surface area contributed by atoms with Gasteiger partial charge in [-0.25, -0.2) is 0 Å². The van der Waals surface area contributed by atoms with Gasteiger partial charge in [-0.05, 0) is 58.3 Å². The molecule has 5 heteroatoms. The van der Waals surface area contributed by atoms with E-state index in [1.165, 1.54) is 0 Å². The number of carbonyl (C=O) groups excluding carboxylic acids is 1. The van der Waals surface area contributed by atoms with Crippen LogP contribution in [0.4, 0.5) is 0 Å². The fraction of sp³-hybridized carbons (Fsp3) is 0.208. The Morgan fingerprint density at radius 2 is 1.59 bits per heavy atom. The molecular weight excluding hydrogens is 366 g/mol.